The number of rotatable bonds is 3. The Hall–Kier alpha value is -3.15. The van der Waals surface area contributed by atoms with Gasteiger partial charge in [-0.1, -0.05) is 18.2 Å². The van der Waals surface area contributed by atoms with Gasteiger partial charge in [-0.3, -0.25) is 0 Å². The normalized spacial score (nSPS) is 15.9. The highest BCUT2D eigenvalue weighted by Crippen LogP contribution is 2.30. The lowest BCUT2D eigenvalue weighted by Gasteiger charge is -2.26. The van der Waals surface area contributed by atoms with Crippen LogP contribution in [0.4, 0.5) is 10.5 Å². The van der Waals surface area contributed by atoms with Crippen molar-refractivity contribution in [3.8, 4) is 11.5 Å². The summed E-state index contributed by atoms with van der Waals surface area (Å²) in [6, 6.07) is 14.9. The molecule has 24 heavy (non-hydrogen) atoms. The molecule has 3 aromatic rings. The highest BCUT2D eigenvalue weighted by Gasteiger charge is 2.21. The van der Waals surface area contributed by atoms with Gasteiger partial charge in [-0.2, -0.15) is 0 Å². The number of fused-ring (bicyclic) bond motifs is 2. The molecule has 0 bridgehead atoms. The number of hydrogen-bond donors (Lipinski definition) is 3. The third kappa shape index (κ3) is 2.86. The SMILES string of the molecule is O=C(NC[C@H]1COc2ccccc2O1)Nc1cccc2[nH]ccc12. The van der Waals surface area contributed by atoms with Crippen LogP contribution in [0.15, 0.2) is 54.7 Å². The number of anilines is 1. The Bertz CT molecular complexity index is 875. The Morgan fingerprint density at radius 2 is 2.00 bits per heavy atom. The number of carbonyl (C=O) groups excluding carboxylic acids is 1. The van der Waals surface area contributed by atoms with Crippen LogP contribution in [-0.2, 0) is 0 Å². The lowest BCUT2D eigenvalue weighted by Crippen LogP contribution is -2.42. The van der Waals surface area contributed by atoms with E-state index < -0.39 is 0 Å². The molecular formula is C18H17N3O3. The van der Waals surface area contributed by atoms with Crippen molar-refractivity contribution in [3.63, 3.8) is 0 Å². The Labute approximate surface area is 138 Å². The number of benzene rings is 2. The van der Waals surface area contributed by atoms with Crippen LogP contribution in [0.3, 0.4) is 0 Å². The van der Waals surface area contributed by atoms with Crippen LogP contribution in [0.1, 0.15) is 0 Å². The van der Waals surface area contributed by atoms with E-state index in [1.165, 1.54) is 0 Å². The van der Waals surface area contributed by atoms with Crippen LogP contribution >= 0.6 is 0 Å². The van der Waals surface area contributed by atoms with E-state index in [1.54, 1.807) is 0 Å². The van der Waals surface area contributed by atoms with Gasteiger partial charge in [-0.05, 0) is 30.3 Å². The molecule has 1 atom stereocenters. The van der Waals surface area contributed by atoms with Gasteiger partial charge in [0, 0.05) is 17.1 Å². The summed E-state index contributed by atoms with van der Waals surface area (Å²) in [5.41, 5.74) is 1.74. The molecule has 2 amide bonds. The van der Waals surface area contributed by atoms with Gasteiger partial charge in [0.2, 0.25) is 0 Å². The fourth-order valence-corrected chi connectivity index (χ4v) is 2.73. The molecule has 0 radical (unpaired) electrons. The molecule has 2 aromatic carbocycles. The maximum absolute atomic E-state index is 12.1. The number of urea groups is 1. The first-order valence-corrected chi connectivity index (χ1v) is 7.79. The van der Waals surface area contributed by atoms with E-state index in [4.69, 9.17) is 9.47 Å². The third-order valence-corrected chi connectivity index (χ3v) is 3.90. The van der Waals surface area contributed by atoms with E-state index >= 15 is 0 Å². The number of aromatic nitrogens is 1. The van der Waals surface area contributed by atoms with E-state index in [9.17, 15) is 4.79 Å². The highest BCUT2D eigenvalue weighted by atomic mass is 16.6. The molecule has 122 valence electrons. The minimum Gasteiger partial charge on any atom is -0.486 e. The quantitative estimate of drug-likeness (QED) is 0.693. The van der Waals surface area contributed by atoms with E-state index in [0.717, 1.165) is 22.3 Å². The molecule has 6 heteroatoms. The van der Waals surface area contributed by atoms with Gasteiger partial charge >= 0.3 is 6.03 Å². The zero-order valence-corrected chi connectivity index (χ0v) is 12.9. The van der Waals surface area contributed by atoms with E-state index in [1.807, 2.05) is 54.7 Å². The van der Waals surface area contributed by atoms with Crippen molar-refractivity contribution >= 4 is 22.6 Å². The standard InChI is InChI=1S/C18H17N3O3/c22-18(21-15-5-3-4-14-13(15)8-9-19-14)20-10-12-11-23-16-6-1-2-7-17(16)24-12/h1-9,12,19H,10-11H2,(H2,20,21,22)/t12-/m0/s1. The molecule has 1 aliphatic heterocycles. The van der Waals surface area contributed by atoms with Crippen LogP contribution < -0.4 is 20.1 Å². The van der Waals surface area contributed by atoms with Crippen LogP contribution in [0.5, 0.6) is 11.5 Å². The highest BCUT2D eigenvalue weighted by molar-refractivity contribution is 6.00. The Morgan fingerprint density at radius 3 is 2.92 bits per heavy atom. The van der Waals surface area contributed by atoms with Crippen LogP contribution in [0.25, 0.3) is 10.9 Å². The molecule has 0 unspecified atom stereocenters. The summed E-state index contributed by atoms with van der Waals surface area (Å²) in [6.45, 7) is 0.772. The van der Waals surface area contributed by atoms with Crippen molar-refractivity contribution in [2.45, 2.75) is 6.10 Å². The molecule has 0 fully saturated rings. The number of H-pyrrole nitrogens is 1. The van der Waals surface area contributed by atoms with Crippen LogP contribution in [0, 0.1) is 0 Å². The minimum atomic E-state index is -0.272. The largest absolute Gasteiger partial charge is 0.486 e. The maximum Gasteiger partial charge on any atom is 0.319 e. The zero-order valence-electron chi connectivity index (χ0n) is 12.9. The van der Waals surface area contributed by atoms with Gasteiger partial charge in [0.1, 0.15) is 6.61 Å². The first-order chi connectivity index (χ1) is 11.8. The van der Waals surface area contributed by atoms with Gasteiger partial charge in [0.15, 0.2) is 17.6 Å². The topological polar surface area (TPSA) is 75.4 Å². The Kier molecular flexibility index (Phi) is 3.70. The lowest BCUT2D eigenvalue weighted by atomic mass is 10.2. The second-order valence-corrected chi connectivity index (χ2v) is 5.58. The predicted octanol–water partition coefficient (Wildman–Crippen LogP) is 3.13. The molecule has 3 N–H and O–H groups in total. The molecule has 0 saturated carbocycles. The zero-order chi connectivity index (χ0) is 16.4. The van der Waals surface area contributed by atoms with Crippen LogP contribution in [0.2, 0.25) is 0 Å². The van der Waals surface area contributed by atoms with Crippen molar-refractivity contribution < 1.29 is 14.3 Å². The fraction of sp³-hybridized carbons (Fsp3) is 0.167. The van der Waals surface area contributed by atoms with Crippen molar-refractivity contribution in [2.75, 3.05) is 18.5 Å². The van der Waals surface area contributed by atoms with Crippen molar-refractivity contribution in [2.24, 2.45) is 0 Å². The Morgan fingerprint density at radius 1 is 1.12 bits per heavy atom. The molecule has 6 nitrogen and oxygen atoms in total. The Balaban J connectivity index is 1.35. The summed E-state index contributed by atoms with van der Waals surface area (Å²) in [6.07, 6.45) is 1.63. The predicted molar refractivity (Wildman–Crippen MR) is 91.7 cm³/mol. The molecule has 0 spiro atoms. The maximum atomic E-state index is 12.1. The molecule has 1 aliphatic rings. The molecular weight excluding hydrogens is 306 g/mol. The number of hydrogen-bond acceptors (Lipinski definition) is 3. The third-order valence-electron chi connectivity index (χ3n) is 3.90. The smallest absolute Gasteiger partial charge is 0.319 e. The number of aromatic amines is 1. The summed E-state index contributed by atoms with van der Waals surface area (Å²) < 4.78 is 11.5. The molecule has 1 aromatic heterocycles. The van der Waals surface area contributed by atoms with Crippen LogP contribution in [-0.4, -0.2) is 30.3 Å². The second-order valence-electron chi connectivity index (χ2n) is 5.58. The van der Waals surface area contributed by atoms with Crippen molar-refractivity contribution in [3.05, 3.63) is 54.7 Å². The molecule has 0 aliphatic carbocycles. The molecule has 0 saturated heterocycles. The monoisotopic (exact) mass is 323 g/mol. The van der Waals surface area contributed by atoms with Gasteiger partial charge in [0.25, 0.3) is 0 Å². The van der Waals surface area contributed by atoms with Gasteiger partial charge in [-0.15, -0.1) is 0 Å². The second kappa shape index (κ2) is 6.16. The van der Waals surface area contributed by atoms with E-state index in [-0.39, 0.29) is 12.1 Å². The van der Waals surface area contributed by atoms with Gasteiger partial charge in [0.05, 0.1) is 12.2 Å². The van der Waals surface area contributed by atoms with Gasteiger partial charge in [-0.25, -0.2) is 4.79 Å². The first kappa shape index (κ1) is 14.4. The lowest BCUT2D eigenvalue weighted by molar-refractivity contribution is 0.0922. The number of carbonyl (C=O) groups is 1. The van der Waals surface area contributed by atoms with E-state index in [2.05, 4.69) is 15.6 Å². The average molecular weight is 323 g/mol. The molecule has 2 heterocycles. The number of amides is 2. The summed E-state index contributed by atoms with van der Waals surface area (Å²) in [5.74, 6) is 1.44. The first-order valence-electron chi connectivity index (χ1n) is 7.79. The van der Waals surface area contributed by atoms with E-state index in [0.29, 0.717) is 18.9 Å². The fourth-order valence-electron chi connectivity index (χ4n) is 2.73. The summed E-state index contributed by atoms with van der Waals surface area (Å²) in [4.78, 5) is 15.3. The van der Waals surface area contributed by atoms with Crippen molar-refractivity contribution in [1.82, 2.24) is 10.3 Å². The van der Waals surface area contributed by atoms with Gasteiger partial charge < -0.3 is 25.1 Å². The summed E-state index contributed by atoms with van der Waals surface area (Å²) in [5, 5.41) is 6.66. The summed E-state index contributed by atoms with van der Waals surface area (Å²) >= 11 is 0. The minimum absolute atomic E-state index is 0.214. The number of nitrogens with one attached hydrogen (secondary N) is 3. The van der Waals surface area contributed by atoms with Crippen molar-refractivity contribution in [1.29, 1.82) is 0 Å². The number of para-hydroxylation sites is 2. The average Bonchev–Trinajstić information content (AvgIpc) is 3.10. The molecule has 4 rings (SSSR count). The number of ether oxygens (including phenoxy) is 2. The summed E-state index contributed by atoms with van der Waals surface area (Å²) in [7, 11) is 0.